The summed E-state index contributed by atoms with van der Waals surface area (Å²) < 4.78 is 14.7. The predicted molar refractivity (Wildman–Crippen MR) is 91.3 cm³/mol. The normalized spacial score (nSPS) is 11.2. The van der Waals surface area contributed by atoms with E-state index in [2.05, 4.69) is 11.9 Å². The average Bonchev–Trinajstić information content (AvgIpc) is 2.94. The van der Waals surface area contributed by atoms with Gasteiger partial charge in [0.25, 0.3) is 5.56 Å². The Bertz CT molecular complexity index is 868. The minimum absolute atomic E-state index is 0.0517. The predicted octanol–water partition coefficient (Wildman–Crippen LogP) is 4.30. The van der Waals surface area contributed by atoms with Gasteiger partial charge in [0.1, 0.15) is 10.6 Å². The first-order valence-electron chi connectivity index (χ1n) is 6.98. The van der Waals surface area contributed by atoms with Gasteiger partial charge in [0, 0.05) is 23.7 Å². The van der Waals surface area contributed by atoms with E-state index >= 15 is 0 Å². The molecule has 0 radical (unpaired) electrons. The molecule has 0 N–H and O–H groups in total. The summed E-state index contributed by atoms with van der Waals surface area (Å²) in [7, 11) is 1.75. The number of halogens is 1. The van der Waals surface area contributed by atoms with Crippen LogP contribution in [-0.2, 0) is 7.05 Å². The summed E-state index contributed by atoms with van der Waals surface area (Å²) in [6.07, 6.45) is 1.03. The summed E-state index contributed by atoms with van der Waals surface area (Å²) in [6.45, 7) is 2.10. The first kappa shape index (κ1) is 15.2. The fraction of sp³-hybridized carbons (Fsp3) is 0.250. The van der Waals surface area contributed by atoms with Crippen molar-refractivity contribution < 1.29 is 4.39 Å². The van der Waals surface area contributed by atoms with Crippen LogP contribution in [0.15, 0.2) is 39.6 Å². The Labute approximate surface area is 135 Å². The van der Waals surface area contributed by atoms with Crippen LogP contribution in [-0.4, -0.2) is 15.3 Å². The van der Waals surface area contributed by atoms with Crippen molar-refractivity contribution in [3.8, 4) is 11.1 Å². The highest BCUT2D eigenvalue weighted by Crippen LogP contribution is 2.32. The van der Waals surface area contributed by atoms with E-state index in [0.717, 1.165) is 33.3 Å². The molecule has 2 aromatic heterocycles. The number of thioether (sulfide) groups is 1. The van der Waals surface area contributed by atoms with Gasteiger partial charge in [0.15, 0.2) is 5.16 Å². The van der Waals surface area contributed by atoms with Crippen molar-refractivity contribution in [1.29, 1.82) is 0 Å². The van der Waals surface area contributed by atoms with Crippen molar-refractivity contribution in [3.63, 3.8) is 0 Å². The number of aromatic nitrogens is 2. The van der Waals surface area contributed by atoms with Gasteiger partial charge in [-0.2, -0.15) is 0 Å². The molecule has 0 bridgehead atoms. The second-order valence-electron chi connectivity index (χ2n) is 4.94. The molecule has 0 spiro atoms. The molecule has 3 nitrogen and oxygen atoms in total. The molecule has 6 heteroatoms. The summed E-state index contributed by atoms with van der Waals surface area (Å²) >= 11 is 3.04. The zero-order chi connectivity index (χ0) is 15.7. The zero-order valence-electron chi connectivity index (χ0n) is 12.3. The maximum atomic E-state index is 13.1. The molecule has 114 valence electrons. The fourth-order valence-electron chi connectivity index (χ4n) is 2.22. The van der Waals surface area contributed by atoms with Crippen LogP contribution in [0.25, 0.3) is 21.3 Å². The molecule has 0 aliphatic heterocycles. The molecule has 0 amide bonds. The first-order valence-corrected chi connectivity index (χ1v) is 8.85. The van der Waals surface area contributed by atoms with Crippen LogP contribution in [0.4, 0.5) is 4.39 Å². The third-order valence-corrected chi connectivity index (χ3v) is 5.47. The molecule has 1 aromatic carbocycles. The van der Waals surface area contributed by atoms with Gasteiger partial charge in [-0.15, -0.1) is 11.3 Å². The van der Waals surface area contributed by atoms with Crippen LogP contribution in [0.3, 0.4) is 0 Å². The third-order valence-electron chi connectivity index (χ3n) is 3.36. The largest absolute Gasteiger partial charge is 0.290 e. The number of hydrogen-bond acceptors (Lipinski definition) is 4. The van der Waals surface area contributed by atoms with E-state index in [4.69, 9.17) is 0 Å². The average molecular weight is 334 g/mol. The van der Waals surface area contributed by atoms with Crippen LogP contribution in [0, 0.1) is 5.82 Å². The van der Waals surface area contributed by atoms with Crippen molar-refractivity contribution in [3.05, 3.63) is 45.8 Å². The van der Waals surface area contributed by atoms with E-state index in [9.17, 15) is 9.18 Å². The number of thiophene rings is 1. The summed E-state index contributed by atoms with van der Waals surface area (Å²) in [4.78, 5) is 18.0. The number of nitrogens with zero attached hydrogens (tertiary/aromatic N) is 2. The Morgan fingerprint density at radius 3 is 2.73 bits per heavy atom. The Morgan fingerprint density at radius 1 is 1.32 bits per heavy atom. The maximum absolute atomic E-state index is 13.1. The highest BCUT2D eigenvalue weighted by molar-refractivity contribution is 7.99. The fourth-order valence-corrected chi connectivity index (χ4v) is 4.03. The lowest BCUT2D eigenvalue weighted by atomic mass is 10.1. The standard InChI is InChI=1S/C16H15FN2OS2/c1-3-8-21-16-18-14-13(15(20)19(16)2)12(9-22-14)10-4-6-11(17)7-5-10/h4-7,9H,3,8H2,1-2H3. The Kier molecular flexibility index (Phi) is 4.31. The van der Waals surface area contributed by atoms with Crippen LogP contribution in [0.5, 0.6) is 0 Å². The summed E-state index contributed by atoms with van der Waals surface area (Å²) in [5, 5.41) is 3.27. The van der Waals surface area contributed by atoms with Crippen LogP contribution >= 0.6 is 23.1 Å². The molecule has 0 atom stereocenters. The van der Waals surface area contributed by atoms with E-state index < -0.39 is 0 Å². The van der Waals surface area contributed by atoms with Crippen molar-refractivity contribution in [1.82, 2.24) is 9.55 Å². The molecule has 0 saturated carbocycles. The number of rotatable bonds is 4. The lowest BCUT2D eigenvalue weighted by molar-refractivity contribution is 0.628. The zero-order valence-corrected chi connectivity index (χ0v) is 13.9. The van der Waals surface area contributed by atoms with E-state index in [1.165, 1.54) is 23.5 Å². The van der Waals surface area contributed by atoms with Crippen LogP contribution < -0.4 is 5.56 Å². The monoisotopic (exact) mass is 334 g/mol. The van der Waals surface area contributed by atoms with Gasteiger partial charge >= 0.3 is 0 Å². The minimum Gasteiger partial charge on any atom is -0.290 e. The highest BCUT2D eigenvalue weighted by Gasteiger charge is 2.15. The highest BCUT2D eigenvalue weighted by atomic mass is 32.2. The van der Waals surface area contributed by atoms with Gasteiger partial charge in [-0.05, 0) is 24.1 Å². The topological polar surface area (TPSA) is 34.9 Å². The van der Waals surface area contributed by atoms with Crippen molar-refractivity contribution in [2.75, 3.05) is 5.75 Å². The van der Waals surface area contributed by atoms with Gasteiger partial charge in [-0.1, -0.05) is 30.8 Å². The Hall–Kier alpha value is -1.66. The summed E-state index contributed by atoms with van der Waals surface area (Å²) in [5.41, 5.74) is 1.60. The summed E-state index contributed by atoms with van der Waals surface area (Å²) in [5.74, 6) is 0.648. The maximum Gasteiger partial charge on any atom is 0.263 e. The smallest absolute Gasteiger partial charge is 0.263 e. The number of benzene rings is 1. The molecule has 2 heterocycles. The van der Waals surface area contributed by atoms with Crippen molar-refractivity contribution >= 4 is 33.3 Å². The van der Waals surface area contributed by atoms with Gasteiger partial charge < -0.3 is 0 Å². The first-order chi connectivity index (χ1) is 10.6. The van der Waals surface area contributed by atoms with E-state index in [1.807, 2.05) is 5.38 Å². The van der Waals surface area contributed by atoms with Crippen LogP contribution in [0.2, 0.25) is 0 Å². The quantitative estimate of drug-likeness (QED) is 0.527. The molecule has 0 saturated heterocycles. The second-order valence-corrected chi connectivity index (χ2v) is 6.86. The van der Waals surface area contributed by atoms with E-state index in [1.54, 1.807) is 35.5 Å². The molecular formula is C16H15FN2OS2. The minimum atomic E-state index is -0.285. The molecule has 0 aliphatic rings. The Balaban J connectivity index is 2.17. The van der Waals surface area contributed by atoms with Gasteiger partial charge in [0.05, 0.1) is 5.39 Å². The van der Waals surface area contributed by atoms with Crippen LogP contribution in [0.1, 0.15) is 13.3 Å². The second kappa shape index (κ2) is 6.22. The van der Waals surface area contributed by atoms with Gasteiger partial charge in [-0.3, -0.25) is 9.36 Å². The molecule has 0 aliphatic carbocycles. The van der Waals surface area contributed by atoms with Crippen molar-refractivity contribution in [2.24, 2.45) is 7.05 Å². The lowest BCUT2D eigenvalue weighted by Crippen LogP contribution is -2.19. The molecule has 3 aromatic rings. The van der Waals surface area contributed by atoms with Gasteiger partial charge in [-0.25, -0.2) is 9.37 Å². The third kappa shape index (κ3) is 2.68. The number of fused-ring (bicyclic) bond motifs is 1. The molecule has 22 heavy (non-hydrogen) atoms. The molecule has 3 rings (SSSR count). The SMILES string of the molecule is CCCSc1nc2scc(-c3ccc(F)cc3)c2c(=O)n1C. The summed E-state index contributed by atoms with van der Waals surface area (Å²) in [6, 6.07) is 6.19. The van der Waals surface area contributed by atoms with E-state index in [0.29, 0.717) is 5.39 Å². The lowest BCUT2D eigenvalue weighted by Gasteiger charge is -2.07. The molecular weight excluding hydrogens is 319 g/mol. The Morgan fingerprint density at radius 2 is 2.05 bits per heavy atom. The van der Waals surface area contributed by atoms with Gasteiger partial charge in [0.2, 0.25) is 0 Å². The number of hydrogen-bond donors (Lipinski definition) is 0. The molecule has 0 fully saturated rings. The molecule has 0 unspecified atom stereocenters. The van der Waals surface area contributed by atoms with E-state index in [-0.39, 0.29) is 11.4 Å². The van der Waals surface area contributed by atoms with Crippen molar-refractivity contribution in [2.45, 2.75) is 18.5 Å².